The molecule has 78 valence electrons. The van der Waals surface area contributed by atoms with Gasteiger partial charge in [-0.05, 0) is 24.6 Å². The summed E-state index contributed by atoms with van der Waals surface area (Å²) in [5.41, 5.74) is 6.80. The molecule has 4 heteroatoms. The van der Waals surface area contributed by atoms with Gasteiger partial charge in [0.25, 0.3) is 0 Å². The van der Waals surface area contributed by atoms with Crippen LogP contribution in [0.1, 0.15) is 18.5 Å². The van der Waals surface area contributed by atoms with E-state index in [1.54, 1.807) is 19.2 Å². The fourth-order valence-corrected chi connectivity index (χ4v) is 1.71. The molecular weight excluding hydrogens is 221 g/mol. The molecular formula is C10H13Cl2NO. The van der Waals surface area contributed by atoms with E-state index in [0.717, 1.165) is 5.56 Å². The summed E-state index contributed by atoms with van der Waals surface area (Å²) in [7, 11) is 1.62. The van der Waals surface area contributed by atoms with Crippen molar-refractivity contribution in [3.63, 3.8) is 0 Å². The lowest BCUT2D eigenvalue weighted by Crippen LogP contribution is -2.25. The van der Waals surface area contributed by atoms with Gasteiger partial charge in [-0.1, -0.05) is 29.3 Å². The summed E-state index contributed by atoms with van der Waals surface area (Å²) in [6, 6.07) is 5.04. The van der Waals surface area contributed by atoms with E-state index in [9.17, 15) is 0 Å². The van der Waals surface area contributed by atoms with Gasteiger partial charge >= 0.3 is 0 Å². The minimum Gasteiger partial charge on any atom is -0.380 e. The highest BCUT2D eigenvalue weighted by Crippen LogP contribution is 2.27. The SMILES string of the molecule is COC(C)C(N)c1ccc(Cl)cc1Cl. The minimum absolute atomic E-state index is 0.0753. The highest BCUT2D eigenvalue weighted by atomic mass is 35.5. The molecule has 0 aliphatic rings. The van der Waals surface area contributed by atoms with E-state index in [4.69, 9.17) is 33.7 Å². The average Bonchev–Trinajstić information content (AvgIpc) is 2.15. The van der Waals surface area contributed by atoms with Crippen LogP contribution in [0.25, 0.3) is 0 Å². The Kier molecular flexibility index (Phi) is 4.20. The first-order valence-electron chi connectivity index (χ1n) is 4.29. The third kappa shape index (κ3) is 2.61. The lowest BCUT2D eigenvalue weighted by molar-refractivity contribution is 0.0957. The van der Waals surface area contributed by atoms with Crippen LogP contribution in [-0.2, 0) is 4.74 Å². The maximum Gasteiger partial charge on any atom is 0.0736 e. The van der Waals surface area contributed by atoms with Gasteiger partial charge in [-0.15, -0.1) is 0 Å². The van der Waals surface area contributed by atoms with Gasteiger partial charge in [-0.3, -0.25) is 0 Å². The topological polar surface area (TPSA) is 35.2 Å². The zero-order valence-electron chi connectivity index (χ0n) is 8.13. The van der Waals surface area contributed by atoms with Crippen LogP contribution in [0.4, 0.5) is 0 Å². The fraction of sp³-hybridized carbons (Fsp3) is 0.400. The number of halogens is 2. The molecule has 0 aliphatic carbocycles. The van der Waals surface area contributed by atoms with Crippen molar-refractivity contribution in [3.05, 3.63) is 33.8 Å². The van der Waals surface area contributed by atoms with Gasteiger partial charge in [0.05, 0.1) is 12.1 Å². The lowest BCUT2D eigenvalue weighted by Gasteiger charge is -2.19. The Morgan fingerprint density at radius 3 is 2.50 bits per heavy atom. The monoisotopic (exact) mass is 233 g/mol. The number of methoxy groups -OCH3 is 1. The summed E-state index contributed by atoms with van der Waals surface area (Å²) in [4.78, 5) is 0. The van der Waals surface area contributed by atoms with Gasteiger partial charge in [0.1, 0.15) is 0 Å². The van der Waals surface area contributed by atoms with Crippen molar-refractivity contribution in [1.29, 1.82) is 0 Å². The van der Waals surface area contributed by atoms with Crippen molar-refractivity contribution in [2.75, 3.05) is 7.11 Å². The zero-order valence-corrected chi connectivity index (χ0v) is 9.64. The van der Waals surface area contributed by atoms with Crippen LogP contribution < -0.4 is 5.73 Å². The molecule has 0 saturated heterocycles. The Morgan fingerprint density at radius 1 is 1.36 bits per heavy atom. The van der Waals surface area contributed by atoms with Gasteiger partial charge in [0, 0.05) is 17.2 Å². The number of benzene rings is 1. The van der Waals surface area contributed by atoms with E-state index in [1.165, 1.54) is 0 Å². The number of rotatable bonds is 3. The van der Waals surface area contributed by atoms with E-state index in [1.807, 2.05) is 13.0 Å². The van der Waals surface area contributed by atoms with Crippen LogP contribution in [0.5, 0.6) is 0 Å². The second-order valence-corrected chi connectivity index (χ2v) is 3.98. The lowest BCUT2D eigenvalue weighted by atomic mass is 10.0. The molecule has 2 nitrogen and oxygen atoms in total. The van der Waals surface area contributed by atoms with Gasteiger partial charge in [-0.25, -0.2) is 0 Å². The molecule has 2 N–H and O–H groups in total. The third-order valence-corrected chi connectivity index (χ3v) is 2.76. The van der Waals surface area contributed by atoms with Crippen LogP contribution >= 0.6 is 23.2 Å². The van der Waals surface area contributed by atoms with Crippen molar-refractivity contribution in [2.45, 2.75) is 19.1 Å². The molecule has 0 aliphatic heterocycles. The minimum atomic E-state index is -0.232. The Hall–Kier alpha value is -0.280. The number of hydrogen-bond acceptors (Lipinski definition) is 2. The summed E-state index contributed by atoms with van der Waals surface area (Å²) in [5.74, 6) is 0. The first-order chi connectivity index (χ1) is 6.56. The maximum absolute atomic E-state index is 6.01. The number of hydrogen-bond donors (Lipinski definition) is 1. The molecule has 2 unspecified atom stereocenters. The van der Waals surface area contributed by atoms with E-state index in [0.29, 0.717) is 10.0 Å². The highest BCUT2D eigenvalue weighted by Gasteiger charge is 2.16. The molecule has 0 radical (unpaired) electrons. The normalized spacial score (nSPS) is 15.2. The summed E-state index contributed by atoms with van der Waals surface area (Å²) < 4.78 is 5.13. The fourth-order valence-electron chi connectivity index (χ4n) is 1.17. The smallest absolute Gasteiger partial charge is 0.0736 e. The predicted octanol–water partition coefficient (Wildman–Crippen LogP) is 3.03. The Morgan fingerprint density at radius 2 is 2.00 bits per heavy atom. The van der Waals surface area contributed by atoms with Crippen molar-refractivity contribution in [3.8, 4) is 0 Å². The third-order valence-electron chi connectivity index (χ3n) is 2.20. The van der Waals surface area contributed by atoms with Crippen molar-refractivity contribution in [2.24, 2.45) is 5.73 Å². The quantitative estimate of drug-likeness (QED) is 0.872. The Bertz CT molecular complexity index is 317. The zero-order chi connectivity index (χ0) is 10.7. The van der Waals surface area contributed by atoms with Gasteiger partial charge in [0.15, 0.2) is 0 Å². The van der Waals surface area contributed by atoms with Gasteiger partial charge in [0.2, 0.25) is 0 Å². The molecule has 0 heterocycles. The molecule has 1 aromatic carbocycles. The first-order valence-corrected chi connectivity index (χ1v) is 5.05. The van der Waals surface area contributed by atoms with Crippen molar-refractivity contribution in [1.82, 2.24) is 0 Å². The van der Waals surface area contributed by atoms with Crippen LogP contribution in [0.3, 0.4) is 0 Å². The maximum atomic E-state index is 6.01. The average molecular weight is 234 g/mol. The standard InChI is InChI=1S/C10H13Cl2NO/c1-6(14-2)10(13)8-4-3-7(11)5-9(8)12/h3-6,10H,13H2,1-2H3. The molecule has 2 atom stereocenters. The molecule has 0 saturated carbocycles. The molecule has 0 amide bonds. The van der Waals surface area contributed by atoms with Gasteiger partial charge < -0.3 is 10.5 Å². The summed E-state index contributed by atoms with van der Waals surface area (Å²) in [5, 5.41) is 1.19. The summed E-state index contributed by atoms with van der Waals surface area (Å²) in [6.07, 6.45) is -0.0753. The van der Waals surface area contributed by atoms with Crippen LogP contribution in [0.15, 0.2) is 18.2 Å². The first kappa shape index (κ1) is 11.8. The largest absolute Gasteiger partial charge is 0.380 e. The second-order valence-electron chi connectivity index (χ2n) is 3.13. The molecule has 0 bridgehead atoms. The predicted molar refractivity (Wildman–Crippen MR) is 59.9 cm³/mol. The second kappa shape index (κ2) is 4.99. The van der Waals surface area contributed by atoms with Crippen LogP contribution in [0, 0.1) is 0 Å². The molecule has 0 aromatic heterocycles. The van der Waals surface area contributed by atoms with Crippen LogP contribution in [0.2, 0.25) is 10.0 Å². The number of ether oxygens (including phenoxy) is 1. The van der Waals surface area contributed by atoms with Crippen LogP contribution in [-0.4, -0.2) is 13.2 Å². The van der Waals surface area contributed by atoms with Gasteiger partial charge in [-0.2, -0.15) is 0 Å². The molecule has 14 heavy (non-hydrogen) atoms. The van der Waals surface area contributed by atoms with E-state index in [-0.39, 0.29) is 12.1 Å². The van der Waals surface area contributed by atoms with E-state index >= 15 is 0 Å². The molecule has 0 fully saturated rings. The van der Waals surface area contributed by atoms with Crippen molar-refractivity contribution >= 4 is 23.2 Å². The molecule has 1 aromatic rings. The van der Waals surface area contributed by atoms with E-state index in [2.05, 4.69) is 0 Å². The summed E-state index contributed by atoms with van der Waals surface area (Å²) >= 11 is 11.8. The molecule has 0 spiro atoms. The Labute approximate surface area is 94.0 Å². The number of nitrogens with two attached hydrogens (primary N) is 1. The molecule has 1 rings (SSSR count). The van der Waals surface area contributed by atoms with E-state index < -0.39 is 0 Å². The van der Waals surface area contributed by atoms with Crippen molar-refractivity contribution < 1.29 is 4.74 Å². The Balaban J connectivity index is 2.95. The highest BCUT2D eigenvalue weighted by molar-refractivity contribution is 6.35. The summed E-state index contributed by atoms with van der Waals surface area (Å²) in [6.45, 7) is 1.90.